The summed E-state index contributed by atoms with van der Waals surface area (Å²) in [6.45, 7) is 6.67. The first-order valence-electron chi connectivity index (χ1n) is 9.06. The van der Waals surface area contributed by atoms with E-state index in [9.17, 15) is 13.2 Å². The Hall–Kier alpha value is -2.38. The van der Waals surface area contributed by atoms with E-state index in [2.05, 4.69) is 13.8 Å². The molecule has 0 saturated carbocycles. The largest absolute Gasteiger partial charge is 0.490 e. The molecule has 0 saturated heterocycles. The van der Waals surface area contributed by atoms with Crippen LogP contribution in [-0.2, 0) is 14.8 Å². The van der Waals surface area contributed by atoms with Crippen molar-refractivity contribution in [1.29, 1.82) is 0 Å². The van der Waals surface area contributed by atoms with Crippen molar-refractivity contribution >= 4 is 16.0 Å². The molecule has 0 aliphatic rings. The lowest BCUT2D eigenvalue weighted by Gasteiger charge is -2.13. The quantitative estimate of drug-likeness (QED) is 0.496. The van der Waals surface area contributed by atoms with E-state index in [1.54, 1.807) is 0 Å². The summed E-state index contributed by atoms with van der Waals surface area (Å²) in [6, 6.07) is 11.6. The normalized spacial score (nSPS) is 11.7. The lowest BCUT2D eigenvalue weighted by molar-refractivity contribution is 0.0450. The van der Waals surface area contributed by atoms with Crippen LogP contribution in [0.25, 0.3) is 0 Å². The molecule has 2 rings (SSSR count). The van der Waals surface area contributed by atoms with Crippen molar-refractivity contribution in [3.63, 3.8) is 0 Å². The van der Waals surface area contributed by atoms with Crippen molar-refractivity contribution in [2.45, 2.75) is 31.6 Å². The van der Waals surface area contributed by atoms with Gasteiger partial charge in [0, 0.05) is 14.1 Å². The average molecular weight is 406 g/mol. The van der Waals surface area contributed by atoms with Crippen molar-refractivity contribution in [2.75, 3.05) is 27.3 Å². The molecular weight excluding hydrogens is 378 g/mol. The highest BCUT2D eigenvalue weighted by Crippen LogP contribution is 2.23. The van der Waals surface area contributed by atoms with Crippen LogP contribution in [0.4, 0.5) is 0 Å². The zero-order chi connectivity index (χ0) is 20.9. The number of hydrogen-bond acceptors (Lipinski definition) is 5. The zero-order valence-corrected chi connectivity index (χ0v) is 17.7. The first-order chi connectivity index (χ1) is 13.1. The van der Waals surface area contributed by atoms with E-state index in [4.69, 9.17) is 9.47 Å². The van der Waals surface area contributed by atoms with Crippen LogP contribution in [0.15, 0.2) is 47.4 Å². The van der Waals surface area contributed by atoms with Crippen LogP contribution < -0.4 is 4.74 Å². The number of aryl methyl sites for hydroxylation is 1. The molecule has 0 unspecified atom stereocenters. The summed E-state index contributed by atoms with van der Waals surface area (Å²) in [5, 5.41) is 0. The number of ether oxygens (including phenoxy) is 2. The van der Waals surface area contributed by atoms with Gasteiger partial charge < -0.3 is 9.47 Å². The number of carbonyl (C=O) groups is 1. The van der Waals surface area contributed by atoms with Crippen LogP contribution in [0.2, 0.25) is 0 Å². The number of benzene rings is 2. The minimum Gasteiger partial charge on any atom is -0.490 e. The molecule has 2 aromatic carbocycles. The van der Waals surface area contributed by atoms with E-state index in [-0.39, 0.29) is 23.7 Å². The van der Waals surface area contributed by atoms with Gasteiger partial charge in [0.1, 0.15) is 19.0 Å². The lowest BCUT2D eigenvalue weighted by Crippen LogP contribution is -2.22. The molecule has 0 fully saturated rings. The smallest absolute Gasteiger partial charge is 0.338 e. The van der Waals surface area contributed by atoms with Crippen LogP contribution >= 0.6 is 0 Å². The molecule has 28 heavy (non-hydrogen) atoms. The first kappa shape index (κ1) is 21.9. The lowest BCUT2D eigenvalue weighted by atomic mass is 9.98. The van der Waals surface area contributed by atoms with Gasteiger partial charge in [0.15, 0.2) is 0 Å². The number of carbonyl (C=O) groups excluding carboxylic acids is 1. The summed E-state index contributed by atoms with van der Waals surface area (Å²) in [5.41, 5.74) is 2.73. The van der Waals surface area contributed by atoms with E-state index >= 15 is 0 Å². The molecule has 7 heteroatoms. The van der Waals surface area contributed by atoms with E-state index in [1.165, 1.54) is 43.9 Å². The Morgan fingerprint density at radius 3 is 2.21 bits per heavy atom. The monoisotopic (exact) mass is 405 g/mol. The van der Waals surface area contributed by atoms with Crippen molar-refractivity contribution in [3.05, 3.63) is 59.2 Å². The van der Waals surface area contributed by atoms with Gasteiger partial charge in [-0.05, 0) is 60.4 Å². The summed E-state index contributed by atoms with van der Waals surface area (Å²) in [7, 11) is -0.614. The van der Waals surface area contributed by atoms with E-state index in [1.807, 2.05) is 25.1 Å². The third-order valence-corrected chi connectivity index (χ3v) is 6.15. The summed E-state index contributed by atoms with van der Waals surface area (Å²) in [6.07, 6.45) is 0. The fourth-order valence-electron chi connectivity index (χ4n) is 2.74. The van der Waals surface area contributed by atoms with Crippen LogP contribution in [-0.4, -0.2) is 46.0 Å². The maximum absolute atomic E-state index is 12.1. The van der Waals surface area contributed by atoms with Gasteiger partial charge in [0.2, 0.25) is 10.0 Å². The molecule has 0 radical (unpaired) electrons. The van der Waals surface area contributed by atoms with Gasteiger partial charge in [-0.25, -0.2) is 17.5 Å². The fourth-order valence-corrected chi connectivity index (χ4v) is 3.64. The number of sulfonamides is 1. The number of nitrogens with zero attached hydrogens (tertiary/aromatic N) is 1. The van der Waals surface area contributed by atoms with Crippen LogP contribution in [0.5, 0.6) is 5.75 Å². The van der Waals surface area contributed by atoms with Crippen molar-refractivity contribution in [2.24, 2.45) is 0 Å². The Balaban J connectivity index is 1.87. The molecule has 0 amide bonds. The zero-order valence-electron chi connectivity index (χ0n) is 16.9. The third-order valence-electron chi connectivity index (χ3n) is 4.32. The van der Waals surface area contributed by atoms with E-state index in [0.717, 1.165) is 15.6 Å². The highest BCUT2D eigenvalue weighted by atomic mass is 32.2. The second-order valence-electron chi connectivity index (χ2n) is 6.97. The van der Waals surface area contributed by atoms with Gasteiger partial charge in [0.25, 0.3) is 0 Å². The Kier molecular flexibility index (Phi) is 7.21. The standard InChI is InChI=1S/C21H27NO5S/c1-15(2)20-11-8-18(14-16(20)3)26-12-13-27-21(23)17-6-9-19(10-7-17)28(24,25)22(4)5/h6-11,14-15H,12-13H2,1-5H3. The Morgan fingerprint density at radius 2 is 1.68 bits per heavy atom. The third kappa shape index (κ3) is 5.33. The molecule has 152 valence electrons. The SMILES string of the molecule is Cc1cc(OCCOC(=O)c2ccc(S(=O)(=O)N(C)C)cc2)ccc1C(C)C. The fraction of sp³-hybridized carbons (Fsp3) is 0.381. The predicted molar refractivity (Wildman–Crippen MR) is 108 cm³/mol. The predicted octanol–water partition coefficient (Wildman–Crippen LogP) is 3.60. The van der Waals surface area contributed by atoms with Gasteiger partial charge in [-0.15, -0.1) is 0 Å². The molecule has 0 N–H and O–H groups in total. The topological polar surface area (TPSA) is 72.9 Å². The Morgan fingerprint density at radius 1 is 1.04 bits per heavy atom. The molecule has 0 spiro atoms. The summed E-state index contributed by atoms with van der Waals surface area (Å²) in [5.74, 6) is 0.661. The summed E-state index contributed by atoms with van der Waals surface area (Å²) in [4.78, 5) is 12.2. The number of esters is 1. The minimum absolute atomic E-state index is 0.0988. The second kappa shape index (κ2) is 9.21. The molecule has 0 heterocycles. The summed E-state index contributed by atoms with van der Waals surface area (Å²) < 4.78 is 36.0. The van der Waals surface area contributed by atoms with Crippen LogP contribution in [0, 0.1) is 6.92 Å². The molecular formula is C21H27NO5S. The molecule has 6 nitrogen and oxygen atoms in total. The highest BCUT2D eigenvalue weighted by Gasteiger charge is 2.17. The van der Waals surface area contributed by atoms with Gasteiger partial charge in [-0.2, -0.15) is 0 Å². The summed E-state index contributed by atoms with van der Waals surface area (Å²) >= 11 is 0. The Bertz CT molecular complexity index is 918. The van der Waals surface area contributed by atoms with Crippen molar-refractivity contribution < 1.29 is 22.7 Å². The van der Waals surface area contributed by atoms with Gasteiger partial charge in [-0.3, -0.25) is 0 Å². The first-order valence-corrected chi connectivity index (χ1v) is 10.5. The van der Waals surface area contributed by atoms with Crippen LogP contribution in [0.1, 0.15) is 41.3 Å². The number of hydrogen-bond donors (Lipinski definition) is 0. The second-order valence-corrected chi connectivity index (χ2v) is 9.12. The maximum atomic E-state index is 12.1. The molecule has 0 aliphatic carbocycles. The molecule has 0 atom stereocenters. The molecule has 0 bridgehead atoms. The molecule has 0 aromatic heterocycles. The Labute approximate surface area is 167 Å². The van der Waals surface area contributed by atoms with Crippen molar-refractivity contribution in [3.8, 4) is 5.75 Å². The maximum Gasteiger partial charge on any atom is 0.338 e. The highest BCUT2D eigenvalue weighted by molar-refractivity contribution is 7.89. The number of rotatable bonds is 8. The van der Waals surface area contributed by atoms with Crippen molar-refractivity contribution in [1.82, 2.24) is 4.31 Å². The van der Waals surface area contributed by atoms with Crippen LogP contribution in [0.3, 0.4) is 0 Å². The minimum atomic E-state index is -3.52. The molecule has 0 aliphatic heterocycles. The van der Waals surface area contributed by atoms with Gasteiger partial charge in [-0.1, -0.05) is 19.9 Å². The molecule has 2 aromatic rings. The van der Waals surface area contributed by atoms with Gasteiger partial charge in [0.05, 0.1) is 10.5 Å². The van der Waals surface area contributed by atoms with E-state index in [0.29, 0.717) is 5.92 Å². The van der Waals surface area contributed by atoms with Gasteiger partial charge >= 0.3 is 5.97 Å². The average Bonchev–Trinajstić information content (AvgIpc) is 2.64. The van der Waals surface area contributed by atoms with E-state index < -0.39 is 16.0 Å².